The van der Waals surface area contributed by atoms with Crippen molar-refractivity contribution in [3.05, 3.63) is 29.8 Å². The summed E-state index contributed by atoms with van der Waals surface area (Å²) in [6, 6.07) is 4.25. The first-order valence-electron chi connectivity index (χ1n) is 8.90. The third kappa shape index (κ3) is 5.43. The van der Waals surface area contributed by atoms with E-state index in [4.69, 9.17) is 4.74 Å². The molecular formula is C18H22F3N3O3. The summed E-state index contributed by atoms with van der Waals surface area (Å²) in [4.78, 5) is 26.5. The van der Waals surface area contributed by atoms with E-state index in [0.29, 0.717) is 26.2 Å². The Morgan fingerprint density at radius 3 is 2.33 bits per heavy atom. The van der Waals surface area contributed by atoms with Crippen molar-refractivity contribution in [2.45, 2.75) is 12.6 Å². The second-order valence-corrected chi connectivity index (χ2v) is 6.76. The minimum atomic E-state index is -4.41. The molecule has 1 aliphatic carbocycles. The van der Waals surface area contributed by atoms with Crippen molar-refractivity contribution in [1.82, 2.24) is 10.2 Å². The second kappa shape index (κ2) is 8.26. The van der Waals surface area contributed by atoms with Crippen LogP contribution in [0.15, 0.2) is 24.3 Å². The number of nitrogens with zero attached hydrogens (tertiary/aromatic N) is 1. The number of halogens is 3. The lowest BCUT2D eigenvalue weighted by atomic mass is 10.2. The standard InChI is InChI=1S/C18H22F3N3O3/c19-18(20,21)12-1-3-13(4-2-12)23-17(26)15-11-14(15)16(25)22-5-6-24-7-9-27-10-8-24/h1-4,14-15H,5-11H2,(H,22,25)(H,23,26). The Kier molecular flexibility index (Phi) is 6.01. The number of carbonyl (C=O) groups is 2. The van der Waals surface area contributed by atoms with E-state index in [1.54, 1.807) is 0 Å². The Morgan fingerprint density at radius 2 is 1.70 bits per heavy atom. The molecule has 0 bridgehead atoms. The number of hydrogen-bond acceptors (Lipinski definition) is 4. The van der Waals surface area contributed by atoms with E-state index in [9.17, 15) is 22.8 Å². The Hall–Kier alpha value is -2.13. The van der Waals surface area contributed by atoms with Crippen LogP contribution in [0.2, 0.25) is 0 Å². The average Bonchev–Trinajstić information content (AvgIpc) is 3.43. The Morgan fingerprint density at radius 1 is 1.07 bits per heavy atom. The van der Waals surface area contributed by atoms with Crippen LogP contribution in [-0.2, 0) is 20.5 Å². The third-order valence-corrected chi connectivity index (χ3v) is 4.77. The minimum absolute atomic E-state index is 0.157. The van der Waals surface area contributed by atoms with Crippen LogP contribution in [0, 0.1) is 11.8 Å². The SMILES string of the molecule is O=C(NCCN1CCOCC1)C1CC1C(=O)Nc1ccc(C(F)(F)F)cc1. The molecule has 2 amide bonds. The average molecular weight is 385 g/mol. The van der Waals surface area contributed by atoms with Crippen LogP contribution in [0.3, 0.4) is 0 Å². The summed E-state index contributed by atoms with van der Waals surface area (Å²) in [7, 11) is 0. The first-order chi connectivity index (χ1) is 12.8. The maximum atomic E-state index is 12.5. The first-order valence-corrected chi connectivity index (χ1v) is 8.90. The molecule has 9 heteroatoms. The molecule has 0 spiro atoms. The summed E-state index contributed by atoms with van der Waals surface area (Å²) in [5.41, 5.74) is -0.490. The molecule has 1 saturated heterocycles. The highest BCUT2D eigenvalue weighted by Gasteiger charge is 2.47. The van der Waals surface area contributed by atoms with Crippen LogP contribution in [-0.4, -0.2) is 56.1 Å². The molecule has 0 radical (unpaired) electrons. The van der Waals surface area contributed by atoms with Crippen LogP contribution in [0.4, 0.5) is 18.9 Å². The number of benzene rings is 1. The second-order valence-electron chi connectivity index (χ2n) is 6.76. The predicted molar refractivity (Wildman–Crippen MR) is 91.9 cm³/mol. The van der Waals surface area contributed by atoms with Crippen LogP contribution in [0.1, 0.15) is 12.0 Å². The molecule has 1 aliphatic heterocycles. The van der Waals surface area contributed by atoms with Crippen molar-refractivity contribution in [1.29, 1.82) is 0 Å². The number of carbonyl (C=O) groups excluding carboxylic acids is 2. The lowest BCUT2D eigenvalue weighted by Crippen LogP contribution is -2.41. The zero-order valence-electron chi connectivity index (χ0n) is 14.7. The van der Waals surface area contributed by atoms with E-state index in [2.05, 4.69) is 15.5 Å². The van der Waals surface area contributed by atoms with Gasteiger partial charge in [0.05, 0.1) is 30.6 Å². The lowest BCUT2D eigenvalue weighted by molar-refractivity contribution is -0.137. The van der Waals surface area contributed by atoms with E-state index >= 15 is 0 Å². The third-order valence-electron chi connectivity index (χ3n) is 4.77. The Bertz CT molecular complexity index is 673. The monoisotopic (exact) mass is 385 g/mol. The molecule has 2 fully saturated rings. The first kappa shape index (κ1) is 19.6. The van der Waals surface area contributed by atoms with Crippen molar-refractivity contribution in [3.8, 4) is 0 Å². The molecule has 1 saturated carbocycles. The molecule has 2 N–H and O–H groups in total. The van der Waals surface area contributed by atoms with Crippen molar-refractivity contribution >= 4 is 17.5 Å². The highest BCUT2D eigenvalue weighted by Crippen LogP contribution is 2.39. The van der Waals surface area contributed by atoms with E-state index in [1.165, 1.54) is 12.1 Å². The number of amides is 2. The quantitative estimate of drug-likeness (QED) is 0.783. The van der Waals surface area contributed by atoms with Gasteiger partial charge in [0.15, 0.2) is 0 Å². The molecule has 1 heterocycles. The maximum absolute atomic E-state index is 12.5. The van der Waals surface area contributed by atoms with Crippen LogP contribution < -0.4 is 10.6 Å². The van der Waals surface area contributed by atoms with Crippen LogP contribution in [0.25, 0.3) is 0 Å². The van der Waals surface area contributed by atoms with Crippen LogP contribution in [0.5, 0.6) is 0 Å². The van der Waals surface area contributed by atoms with Gasteiger partial charge in [0, 0.05) is 31.9 Å². The predicted octanol–water partition coefficient (Wildman–Crippen LogP) is 1.73. The number of morpholine rings is 1. The fourth-order valence-corrected chi connectivity index (χ4v) is 3.05. The zero-order valence-corrected chi connectivity index (χ0v) is 14.7. The smallest absolute Gasteiger partial charge is 0.379 e. The Balaban J connectivity index is 1.39. The molecule has 1 aromatic carbocycles. The van der Waals surface area contributed by atoms with Gasteiger partial charge in [-0.3, -0.25) is 14.5 Å². The normalized spacial score (nSPS) is 22.9. The molecule has 3 rings (SSSR count). The zero-order chi connectivity index (χ0) is 19.4. The van der Waals surface area contributed by atoms with Gasteiger partial charge in [0.2, 0.25) is 11.8 Å². The van der Waals surface area contributed by atoms with Gasteiger partial charge in [0.1, 0.15) is 0 Å². The van der Waals surface area contributed by atoms with Crippen molar-refractivity contribution < 1.29 is 27.5 Å². The van der Waals surface area contributed by atoms with E-state index in [-0.39, 0.29) is 23.4 Å². The van der Waals surface area contributed by atoms with Gasteiger partial charge in [-0.15, -0.1) is 0 Å². The van der Waals surface area contributed by atoms with Gasteiger partial charge in [-0.1, -0.05) is 0 Å². The maximum Gasteiger partial charge on any atom is 0.416 e. The molecule has 2 aliphatic rings. The van der Waals surface area contributed by atoms with E-state index < -0.39 is 17.7 Å². The molecule has 27 heavy (non-hydrogen) atoms. The molecular weight excluding hydrogens is 363 g/mol. The summed E-state index contributed by atoms with van der Waals surface area (Å²) in [5.74, 6) is -1.31. The van der Waals surface area contributed by atoms with Crippen molar-refractivity contribution in [3.63, 3.8) is 0 Å². The largest absolute Gasteiger partial charge is 0.416 e. The molecule has 0 aromatic heterocycles. The van der Waals surface area contributed by atoms with E-state index in [0.717, 1.165) is 31.8 Å². The summed E-state index contributed by atoms with van der Waals surface area (Å²) < 4.78 is 42.9. The van der Waals surface area contributed by atoms with Gasteiger partial charge < -0.3 is 15.4 Å². The number of alkyl halides is 3. The summed E-state index contributed by atoms with van der Waals surface area (Å²) in [5, 5.41) is 5.41. The summed E-state index contributed by atoms with van der Waals surface area (Å²) in [6.07, 6.45) is -3.96. The summed E-state index contributed by atoms with van der Waals surface area (Å²) in [6.45, 7) is 4.34. The molecule has 148 valence electrons. The highest BCUT2D eigenvalue weighted by molar-refractivity contribution is 5.99. The number of ether oxygens (including phenoxy) is 1. The fourth-order valence-electron chi connectivity index (χ4n) is 3.05. The number of anilines is 1. The number of hydrogen-bond donors (Lipinski definition) is 2. The molecule has 2 unspecified atom stereocenters. The van der Waals surface area contributed by atoms with Gasteiger partial charge in [-0.2, -0.15) is 13.2 Å². The molecule has 6 nitrogen and oxygen atoms in total. The molecule has 1 aromatic rings. The van der Waals surface area contributed by atoms with Crippen molar-refractivity contribution in [2.24, 2.45) is 11.8 Å². The fraction of sp³-hybridized carbons (Fsp3) is 0.556. The van der Waals surface area contributed by atoms with Gasteiger partial charge in [0.25, 0.3) is 0 Å². The van der Waals surface area contributed by atoms with Gasteiger partial charge >= 0.3 is 6.18 Å². The number of rotatable bonds is 6. The highest BCUT2D eigenvalue weighted by atomic mass is 19.4. The van der Waals surface area contributed by atoms with Crippen molar-refractivity contribution in [2.75, 3.05) is 44.7 Å². The van der Waals surface area contributed by atoms with E-state index in [1.807, 2.05) is 0 Å². The number of nitrogens with one attached hydrogen (secondary N) is 2. The topological polar surface area (TPSA) is 70.7 Å². The Labute approximate surface area is 155 Å². The lowest BCUT2D eigenvalue weighted by Gasteiger charge is -2.26. The molecule has 2 atom stereocenters. The summed E-state index contributed by atoms with van der Waals surface area (Å²) >= 11 is 0. The van der Waals surface area contributed by atoms with Crippen LogP contribution >= 0.6 is 0 Å². The minimum Gasteiger partial charge on any atom is -0.379 e. The van der Waals surface area contributed by atoms with Gasteiger partial charge in [-0.05, 0) is 30.7 Å². The van der Waals surface area contributed by atoms with Gasteiger partial charge in [-0.25, -0.2) is 0 Å².